The van der Waals surface area contributed by atoms with Gasteiger partial charge in [-0.15, -0.1) is 0 Å². The Morgan fingerprint density at radius 1 is 1.31 bits per heavy atom. The van der Waals surface area contributed by atoms with Gasteiger partial charge in [-0.25, -0.2) is 9.67 Å². The van der Waals surface area contributed by atoms with Crippen LogP contribution in [0.3, 0.4) is 0 Å². The van der Waals surface area contributed by atoms with Crippen LogP contribution in [0.5, 0.6) is 0 Å². The van der Waals surface area contributed by atoms with Crippen molar-refractivity contribution in [2.75, 3.05) is 5.32 Å². The van der Waals surface area contributed by atoms with Gasteiger partial charge in [0.1, 0.15) is 5.76 Å². The van der Waals surface area contributed by atoms with E-state index in [1.54, 1.807) is 24.6 Å². The van der Waals surface area contributed by atoms with E-state index in [0.717, 1.165) is 12.1 Å². The minimum absolute atomic E-state index is 0.304. The Morgan fingerprint density at radius 3 is 2.74 bits per heavy atom. The fraction of sp³-hybridized carbons (Fsp3) is 0.346. The summed E-state index contributed by atoms with van der Waals surface area (Å²) in [5.41, 5.74) is 3.80. The number of H-pyrrole nitrogens is 1. The molecule has 3 heterocycles. The van der Waals surface area contributed by atoms with Gasteiger partial charge in [-0.05, 0) is 46.3 Å². The first-order chi connectivity index (χ1) is 16.5. The molecule has 3 rings (SSSR count). The summed E-state index contributed by atoms with van der Waals surface area (Å²) in [4.78, 5) is 20.9. The van der Waals surface area contributed by atoms with Gasteiger partial charge >= 0.3 is 0 Å². The van der Waals surface area contributed by atoms with Crippen LogP contribution in [0.4, 0.5) is 5.95 Å². The van der Waals surface area contributed by atoms with Crippen molar-refractivity contribution in [1.82, 2.24) is 19.7 Å². The fourth-order valence-electron chi connectivity index (χ4n) is 3.68. The first kappa shape index (κ1) is 26.1. The fourth-order valence-corrected chi connectivity index (χ4v) is 3.79. The number of nitrogens with zero attached hydrogens (tertiary/aromatic N) is 3. The molecule has 0 aliphatic carbocycles. The molecule has 0 radical (unpaired) electrons. The summed E-state index contributed by atoms with van der Waals surface area (Å²) >= 11 is 6.15. The quantitative estimate of drug-likeness (QED) is 0.442. The van der Waals surface area contributed by atoms with Crippen LogP contribution in [0.15, 0.2) is 41.4 Å². The number of allylic oxidation sites excluding steroid dienone is 7. The van der Waals surface area contributed by atoms with Crippen LogP contribution < -0.4 is 5.32 Å². The molecule has 0 bridgehead atoms. The number of aromatic amines is 1. The standard InChI is InChI=1S/C26H32ClN5O3/c1-8-9-10-11-20(14-16(2)27)32-19(5)23(18(4)31-32)24(33)30-25-28-21-12-13-34-26(6,7)35-17(3)15-22(21)29-25/h9-15H,8H2,1-7H3,(H2,28,29,30,33)/b10-9+,13-12+,16-14+,17-15+,20-11+. The third kappa shape index (κ3) is 6.54. The number of hydrogen-bond donors (Lipinski definition) is 2. The van der Waals surface area contributed by atoms with E-state index in [4.69, 9.17) is 21.1 Å². The van der Waals surface area contributed by atoms with Crippen molar-refractivity contribution in [3.05, 3.63) is 69.7 Å². The number of amides is 1. The molecule has 0 saturated carbocycles. The lowest BCUT2D eigenvalue weighted by molar-refractivity contribution is -0.151. The summed E-state index contributed by atoms with van der Waals surface area (Å²) < 4.78 is 13.2. The van der Waals surface area contributed by atoms with Gasteiger partial charge in [0.25, 0.3) is 5.91 Å². The molecule has 186 valence electrons. The predicted molar refractivity (Wildman–Crippen MR) is 140 cm³/mol. The molecular weight excluding hydrogens is 466 g/mol. The third-order valence-corrected chi connectivity index (χ3v) is 5.18. The summed E-state index contributed by atoms with van der Waals surface area (Å²) in [6.07, 6.45) is 13.7. The number of aromatic nitrogens is 4. The van der Waals surface area contributed by atoms with E-state index in [-0.39, 0.29) is 5.91 Å². The molecule has 8 nitrogen and oxygen atoms in total. The van der Waals surface area contributed by atoms with Gasteiger partial charge in [0.05, 0.1) is 40.3 Å². The minimum Gasteiger partial charge on any atom is -0.460 e. The first-order valence-corrected chi connectivity index (χ1v) is 11.8. The van der Waals surface area contributed by atoms with Crippen molar-refractivity contribution in [3.63, 3.8) is 0 Å². The Labute approximate surface area is 211 Å². The van der Waals surface area contributed by atoms with E-state index in [0.29, 0.717) is 45.1 Å². The molecule has 35 heavy (non-hydrogen) atoms. The molecule has 2 aromatic rings. The zero-order valence-corrected chi connectivity index (χ0v) is 21.9. The van der Waals surface area contributed by atoms with E-state index in [1.165, 1.54) is 6.26 Å². The van der Waals surface area contributed by atoms with Gasteiger partial charge < -0.3 is 14.5 Å². The highest BCUT2D eigenvalue weighted by Crippen LogP contribution is 2.25. The van der Waals surface area contributed by atoms with Crippen molar-refractivity contribution in [2.45, 2.75) is 60.7 Å². The molecule has 1 aliphatic rings. The van der Waals surface area contributed by atoms with Crippen LogP contribution in [0.1, 0.15) is 74.2 Å². The smallest absolute Gasteiger partial charge is 0.261 e. The zero-order valence-electron chi connectivity index (χ0n) is 21.2. The van der Waals surface area contributed by atoms with Gasteiger partial charge in [0.2, 0.25) is 11.7 Å². The number of hydrogen-bond acceptors (Lipinski definition) is 5. The number of fused-ring (bicyclic) bond motifs is 1. The second-order valence-corrected chi connectivity index (χ2v) is 9.23. The van der Waals surface area contributed by atoms with Crippen LogP contribution in [0.2, 0.25) is 0 Å². The molecular formula is C26H32ClN5O3. The highest BCUT2D eigenvalue weighted by molar-refractivity contribution is 6.29. The van der Waals surface area contributed by atoms with E-state index in [2.05, 4.69) is 27.3 Å². The highest BCUT2D eigenvalue weighted by Gasteiger charge is 2.23. The minimum atomic E-state index is -0.802. The molecule has 0 saturated heterocycles. The number of aryl methyl sites for hydroxylation is 1. The van der Waals surface area contributed by atoms with Crippen molar-refractivity contribution in [2.24, 2.45) is 0 Å². The van der Waals surface area contributed by atoms with E-state index >= 15 is 0 Å². The van der Waals surface area contributed by atoms with Crippen molar-refractivity contribution >= 4 is 41.3 Å². The van der Waals surface area contributed by atoms with Crippen LogP contribution in [-0.4, -0.2) is 31.4 Å². The molecule has 2 aromatic heterocycles. The van der Waals surface area contributed by atoms with Gasteiger partial charge in [-0.2, -0.15) is 5.10 Å². The van der Waals surface area contributed by atoms with Crippen LogP contribution in [0, 0.1) is 13.8 Å². The maximum atomic E-state index is 13.2. The van der Waals surface area contributed by atoms with E-state index in [1.807, 2.05) is 58.1 Å². The molecule has 1 amide bonds. The number of anilines is 1. The van der Waals surface area contributed by atoms with Gasteiger partial charge in [-0.1, -0.05) is 30.7 Å². The van der Waals surface area contributed by atoms with Crippen LogP contribution in [0.25, 0.3) is 17.8 Å². The second-order valence-electron chi connectivity index (χ2n) is 8.63. The van der Waals surface area contributed by atoms with Crippen LogP contribution >= 0.6 is 11.6 Å². The summed E-state index contributed by atoms with van der Waals surface area (Å²) in [7, 11) is 0. The Hall–Kier alpha value is -3.52. The monoisotopic (exact) mass is 497 g/mol. The maximum Gasteiger partial charge on any atom is 0.261 e. The normalized spacial score (nSPS) is 18.5. The molecule has 0 unspecified atom stereocenters. The molecule has 0 aromatic carbocycles. The highest BCUT2D eigenvalue weighted by atomic mass is 35.5. The number of carbonyl (C=O) groups excluding carboxylic acids is 1. The Kier molecular flexibility index (Phi) is 8.07. The Balaban J connectivity index is 1.92. The molecule has 2 N–H and O–H groups in total. The first-order valence-electron chi connectivity index (χ1n) is 11.4. The van der Waals surface area contributed by atoms with Crippen molar-refractivity contribution in [3.8, 4) is 0 Å². The summed E-state index contributed by atoms with van der Waals surface area (Å²) in [6, 6.07) is 0. The van der Waals surface area contributed by atoms with Gasteiger partial charge in [0.15, 0.2) is 0 Å². The Morgan fingerprint density at radius 2 is 2.06 bits per heavy atom. The predicted octanol–water partition coefficient (Wildman–Crippen LogP) is 6.54. The van der Waals surface area contributed by atoms with Crippen molar-refractivity contribution in [1.29, 1.82) is 0 Å². The molecule has 0 fully saturated rings. The number of rotatable bonds is 6. The van der Waals surface area contributed by atoms with Crippen LogP contribution in [-0.2, 0) is 9.47 Å². The summed E-state index contributed by atoms with van der Waals surface area (Å²) in [5.74, 6) is -0.172. The lowest BCUT2D eigenvalue weighted by Gasteiger charge is -2.25. The van der Waals surface area contributed by atoms with Gasteiger partial charge in [0, 0.05) is 31.0 Å². The average molecular weight is 498 g/mol. The number of imidazole rings is 1. The molecule has 0 atom stereocenters. The largest absolute Gasteiger partial charge is 0.460 e. The second kappa shape index (κ2) is 10.8. The maximum absolute atomic E-state index is 13.2. The summed E-state index contributed by atoms with van der Waals surface area (Å²) in [6.45, 7) is 13.0. The lowest BCUT2D eigenvalue weighted by atomic mass is 10.2. The number of carbonyl (C=O) groups is 1. The lowest BCUT2D eigenvalue weighted by Crippen LogP contribution is -2.25. The Bertz CT molecular complexity index is 1250. The molecule has 0 spiro atoms. The third-order valence-electron chi connectivity index (χ3n) is 5.07. The van der Waals surface area contributed by atoms with Crippen molar-refractivity contribution < 1.29 is 14.3 Å². The average Bonchev–Trinajstić information content (AvgIpc) is 3.25. The molecule has 9 heteroatoms. The number of halogens is 1. The number of nitrogens with one attached hydrogen (secondary N) is 2. The zero-order chi connectivity index (χ0) is 25.8. The topological polar surface area (TPSA) is 94.1 Å². The van der Waals surface area contributed by atoms with E-state index < -0.39 is 5.79 Å². The summed E-state index contributed by atoms with van der Waals surface area (Å²) in [5, 5.41) is 8.05. The van der Waals surface area contributed by atoms with Gasteiger partial charge in [-0.3, -0.25) is 10.1 Å². The number of ether oxygens (including phenoxy) is 2. The van der Waals surface area contributed by atoms with E-state index in [9.17, 15) is 4.79 Å². The molecule has 1 aliphatic heterocycles. The SMILES string of the molecule is CC/C=C/C=C(\C=C(/C)Cl)n1nc(C)c(C(=O)Nc2nc3c([nH]2)/C=C(\C)OC(C)(C)O/C=C/3)c1C.